The van der Waals surface area contributed by atoms with Gasteiger partial charge in [-0.25, -0.2) is 4.39 Å². The van der Waals surface area contributed by atoms with E-state index in [-0.39, 0.29) is 23.3 Å². The molecule has 1 amide bonds. The molecular weight excluding hydrogens is 277 g/mol. The standard InChI is InChI=1S/C16H19ClFNO/c1-5-6-12(11(3)9-14(20)19-4)13-8-7-10(2)15(17)16(13)18/h5-8,11H,1,9H2,2-4H3,(H,19,20)/b12-6-. The van der Waals surface area contributed by atoms with Gasteiger partial charge in [0.2, 0.25) is 5.91 Å². The fourth-order valence-corrected chi connectivity index (χ4v) is 2.17. The van der Waals surface area contributed by atoms with Gasteiger partial charge in [-0.05, 0) is 24.0 Å². The molecule has 0 saturated carbocycles. The molecule has 1 N–H and O–H groups in total. The Morgan fingerprint density at radius 1 is 1.55 bits per heavy atom. The first-order valence-corrected chi connectivity index (χ1v) is 6.78. The first-order valence-electron chi connectivity index (χ1n) is 6.40. The van der Waals surface area contributed by atoms with Gasteiger partial charge in [-0.3, -0.25) is 4.79 Å². The number of halogens is 2. The highest BCUT2D eigenvalue weighted by Crippen LogP contribution is 2.32. The van der Waals surface area contributed by atoms with Crippen LogP contribution in [-0.4, -0.2) is 13.0 Å². The number of allylic oxidation sites excluding steroid dienone is 3. The van der Waals surface area contributed by atoms with E-state index in [4.69, 9.17) is 11.6 Å². The van der Waals surface area contributed by atoms with E-state index in [1.165, 1.54) is 0 Å². The van der Waals surface area contributed by atoms with Crippen LogP contribution in [0.3, 0.4) is 0 Å². The topological polar surface area (TPSA) is 29.1 Å². The van der Waals surface area contributed by atoms with Crippen molar-refractivity contribution in [1.29, 1.82) is 0 Å². The maximum absolute atomic E-state index is 14.3. The van der Waals surface area contributed by atoms with Crippen molar-refractivity contribution in [2.45, 2.75) is 20.3 Å². The van der Waals surface area contributed by atoms with Crippen molar-refractivity contribution in [3.8, 4) is 0 Å². The molecule has 4 heteroatoms. The molecule has 1 unspecified atom stereocenters. The highest BCUT2D eigenvalue weighted by Gasteiger charge is 2.19. The average Bonchev–Trinajstić information content (AvgIpc) is 2.43. The maximum Gasteiger partial charge on any atom is 0.220 e. The molecule has 0 aliphatic rings. The van der Waals surface area contributed by atoms with Crippen molar-refractivity contribution in [2.75, 3.05) is 7.05 Å². The second kappa shape index (κ2) is 7.25. The Kier molecular flexibility index (Phi) is 5.96. The highest BCUT2D eigenvalue weighted by atomic mass is 35.5. The van der Waals surface area contributed by atoms with Crippen LogP contribution >= 0.6 is 11.6 Å². The second-order valence-corrected chi connectivity index (χ2v) is 5.07. The Balaban J connectivity index is 3.22. The third-order valence-electron chi connectivity index (χ3n) is 3.19. The predicted octanol–water partition coefficient (Wildman–Crippen LogP) is 4.13. The summed E-state index contributed by atoms with van der Waals surface area (Å²) in [5.41, 5.74) is 1.81. The van der Waals surface area contributed by atoms with Crippen LogP contribution in [-0.2, 0) is 4.79 Å². The van der Waals surface area contributed by atoms with Gasteiger partial charge in [-0.1, -0.05) is 49.4 Å². The zero-order valence-corrected chi connectivity index (χ0v) is 12.7. The summed E-state index contributed by atoms with van der Waals surface area (Å²) in [6.45, 7) is 7.27. The quantitative estimate of drug-likeness (QED) is 0.813. The van der Waals surface area contributed by atoms with Crippen LogP contribution in [0.4, 0.5) is 4.39 Å². The van der Waals surface area contributed by atoms with Crippen LogP contribution in [0.2, 0.25) is 5.02 Å². The van der Waals surface area contributed by atoms with Gasteiger partial charge in [0.15, 0.2) is 0 Å². The van der Waals surface area contributed by atoms with Crippen LogP contribution in [0, 0.1) is 18.7 Å². The number of benzene rings is 1. The smallest absolute Gasteiger partial charge is 0.220 e. The molecule has 0 heterocycles. The van der Waals surface area contributed by atoms with E-state index >= 15 is 0 Å². The van der Waals surface area contributed by atoms with Crippen LogP contribution in [0.5, 0.6) is 0 Å². The fourth-order valence-electron chi connectivity index (χ4n) is 2.01. The van der Waals surface area contributed by atoms with Crippen molar-refractivity contribution >= 4 is 23.1 Å². The highest BCUT2D eigenvalue weighted by molar-refractivity contribution is 6.31. The van der Waals surface area contributed by atoms with Crippen molar-refractivity contribution in [2.24, 2.45) is 5.92 Å². The number of hydrogen-bond acceptors (Lipinski definition) is 1. The van der Waals surface area contributed by atoms with E-state index in [9.17, 15) is 9.18 Å². The number of rotatable bonds is 5. The fraction of sp³-hybridized carbons (Fsp3) is 0.312. The third-order valence-corrected chi connectivity index (χ3v) is 3.65. The lowest BCUT2D eigenvalue weighted by Gasteiger charge is -2.17. The lowest BCUT2D eigenvalue weighted by atomic mass is 9.90. The molecule has 0 aliphatic carbocycles. The van der Waals surface area contributed by atoms with Gasteiger partial charge in [0, 0.05) is 19.0 Å². The summed E-state index contributed by atoms with van der Waals surface area (Å²) in [6, 6.07) is 3.45. The van der Waals surface area contributed by atoms with Gasteiger partial charge in [-0.15, -0.1) is 0 Å². The van der Waals surface area contributed by atoms with E-state index in [0.717, 1.165) is 0 Å². The first kappa shape index (κ1) is 16.4. The summed E-state index contributed by atoms with van der Waals surface area (Å²) in [4.78, 5) is 11.5. The summed E-state index contributed by atoms with van der Waals surface area (Å²) in [5, 5.41) is 2.68. The van der Waals surface area contributed by atoms with E-state index in [0.29, 0.717) is 16.7 Å². The van der Waals surface area contributed by atoms with Gasteiger partial charge < -0.3 is 5.32 Å². The number of amides is 1. The Morgan fingerprint density at radius 3 is 2.75 bits per heavy atom. The maximum atomic E-state index is 14.3. The second-order valence-electron chi connectivity index (χ2n) is 4.69. The van der Waals surface area contributed by atoms with Crippen LogP contribution in [0.15, 0.2) is 30.9 Å². The van der Waals surface area contributed by atoms with Gasteiger partial charge in [0.1, 0.15) is 5.82 Å². The van der Waals surface area contributed by atoms with Crippen molar-refractivity contribution in [3.63, 3.8) is 0 Å². The lowest BCUT2D eigenvalue weighted by Crippen LogP contribution is -2.20. The van der Waals surface area contributed by atoms with Crippen LogP contribution in [0.25, 0.3) is 5.57 Å². The SMILES string of the molecule is C=C/C=C(\c1ccc(C)c(Cl)c1F)C(C)CC(=O)NC. The lowest BCUT2D eigenvalue weighted by molar-refractivity contribution is -0.121. The van der Waals surface area contributed by atoms with Crippen molar-refractivity contribution in [3.05, 3.63) is 52.8 Å². The minimum absolute atomic E-state index is 0.0916. The molecule has 1 rings (SSSR count). The summed E-state index contributed by atoms with van der Waals surface area (Å²) in [7, 11) is 1.58. The van der Waals surface area contributed by atoms with E-state index in [1.54, 1.807) is 38.3 Å². The van der Waals surface area contributed by atoms with Gasteiger partial charge in [0.25, 0.3) is 0 Å². The summed E-state index contributed by atoms with van der Waals surface area (Å²) < 4.78 is 14.3. The molecule has 0 saturated heterocycles. The Labute approximate surface area is 124 Å². The zero-order valence-electron chi connectivity index (χ0n) is 12.0. The van der Waals surface area contributed by atoms with Gasteiger partial charge >= 0.3 is 0 Å². The molecule has 1 aromatic rings. The minimum atomic E-state index is -0.455. The summed E-state index contributed by atoms with van der Waals surface area (Å²) in [5.74, 6) is -0.684. The minimum Gasteiger partial charge on any atom is -0.359 e. The molecule has 2 nitrogen and oxygen atoms in total. The summed E-state index contributed by atoms with van der Waals surface area (Å²) >= 11 is 5.96. The number of aryl methyl sites for hydroxylation is 1. The largest absolute Gasteiger partial charge is 0.359 e. The molecule has 0 spiro atoms. The summed E-state index contributed by atoms with van der Waals surface area (Å²) in [6.07, 6.45) is 3.58. The molecule has 0 fully saturated rings. The van der Waals surface area contributed by atoms with E-state index < -0.39 is 5.82 Å². The Morgan fingerprint density at radius 2 is 2.20 bits per heavy atom. The van der Waals surface area contributed by atoms with Gasteiger partial charge in [0.05, 0.1) is 5.02 Å². The van der Waals surface area contributed by atoms with Crippen molar-refractivity contribution in [1.82, 2.24) is 5.32 Å². The molecule has 0 aliphatic heterocycles. The monoisotopic (exact) mass is 295 g/mol. The average molecular weight is 296 g/mol. The van der Waals surface area contributed by atoms with Crippen molar-refractivity contribution < 1.29 is 9.18 Å². The van der Waals surface area contributed by atoms with Crippen LogP contribution in [0.1, 0.15) is 24.5 Å². The molecule has 0 radical (unpaired) electrons. The number of carbonyl (C=O) groups excluding carboxylic acids is 1. The Hall–Kier alpha value is -1.61. The van der Waals surface area contributed by atoms with E-state index in [1.807, 2.05) is 6.92 Å². The molecule has 108 valence electrons. The van der Waals surface area contributed by atoms with E-state index in [2.05, 4.69) is 11.9 Å². The third kappa shape index (κ3) is 3.70. The molecule has 1 atom stereocenters. The molecule has 20 heavy (non-hydrogen) atoms. The van der Waals surface area contributed by atoms with Gasteiger partial charge in [-0.2, -0.15) is 0 Å². The number of hydrogen-bond donors (Lipinski definition) is 1. The first-order chi connectivity index (χ1) is 9.42. The number of carbonyl (C=O) groups is 1. The normalized spacial score (nSPS) is 12.9. The molecule has 1 aromatic carbocycles. The molecule has 0 bridgehead atoms. The molecular formula is C16H19ClFNO. The Bertz CT molecular complexity index is 552. The molecule has 0 aromatic heterocycles. The number of nitrogens with one attached hydrogen (secondary N) is 1. The predicted molar refractivity (Wildman–Crippen MR) is 82.2 cm³/mol. The zero-order chi connectivity index (χ0) is 15.3. The van der Waals surface area contributed by atoms with Crippen LogP contribution < -0.4 is 5.32 Å².